The van der Waals surface area contributed by atoms with E-state index in [9.17, 15) is 9.59 Å². The van der Waals surface area contributed by atoms with Crippen LogP contribution in [0.15, 0.2) is 97.2 Å². The van der Waals surface area contributed by atoms with Crippen LogP contribution in [0.5, 0.6) is 0 Å². The Morgan fingerprint density at radius 1 is 0.359 bits per heavy atom. The van der Waals surface area contributed by atoms with Gasteiger partial charge in [0.15, 0.2) is 6.10 Å². The molecule has 0 aliphatic heterocycles. The fourth-order valence-corrected chi connectivity index (χ4v) is 7.10. The minimum atomic E-state index is -0.560. The van der Waals surface area contributed by atoms with E-state index >= 15 is 0 Å². The first kappa shape index (κ1) is 60.8. The number of ether oxygens (including phenoxy) is 3. The van der Waals surface area contributed by atoms with Gasteiger partial charge in [0.2, 0.25) is 0 Å². The molecule has 0 N–H and O–H groups in total. The summed E-state index contributed by atoms with van der Waals surface area (Å²) >= 11 is 0. The van der Waals surface area contributed by atoms with Gasteiger partial charge in [0, 0.05) is 19.4 Å². The summed E-state index contributed by atoms with van der Waals surface area (Å²) in [5.41, 5.74) is 0. The Hall–Kier alpha value is -3.18. The zero-order chi connectivity index (χ0) is 46.3. The highest BCUT2D eigenvalue weighted by Crippen LogP contribution is 2.13. The van der Waals surface area contributed by atoms with Gasteiger partial charge in [-0.15, -0.1) is 0 Å². The number of carbonyl (C=O) groups excluding carboxylic acids is 2. The number of rotatable bonds is 48. The van der Waals surface area contributed by atoms with Crippen molar-refractivity contribution in [3.05, 3.63) is 97.2 Å². The molecule has 0 fully saturated rings. The Morgan fingerprint density at radius 3 is 1.19 bits per heavy atom. The molecule has 0 aliphatic rings. The highest BCUT2D eigenvalue weighted by atomic mass is 16.6. The molecular formula is C59H100O5. The van der Waals surface area contributed by atoms with Gasteiger partial charge in [-0.3, -0.25) is 9.59 Å². The topological polar surface area (TPSA) is 61.8 Å². The molecule has 0 saturated carbocycles. The summed E-state index contributed by atoms with van der Waals surface area (Å²) < 4.78 is 17.4. The number of allylic oxidation sites excluding steroid dienone is 16. The van der Waals surface area contributed by atoms with Gasteiger partial charge in [0.05, 0.1) is 6.61 Å². The summed E-state index contributed by atoms with van der Waals surface area (Å²) in [6.45, 7) is 7.58. The van der Waals surface area contributed by atoms with Crippen molar-refractivity contribution in [1.29, 1.82) is 0 Å². The molecule has 0 bridgehead atoms. The van der Waals surface area contributed by atoms with Crippen molar-refractivity contribution in [2.24, 2.45) is 0 Å². The minimum Gasteiger partial charge on any atom is -0.462 e. The molecule has 5 nitrogen and oxygen atoms in total. The van der Waals surface area contributed by atoms with Crippen molar-refractivity contribution in [1.82, 2.24) is 0 Å². The van der Waals surface area contributed by atoms with Gasteiger partial charge in [-0.2, -0.15) is 0 Å². The van der Waals surface area contributed by atoms with E-state index in [2.05, 4.69) is 118 Å². The molecule has 0 spiro atoms. The summed E-state index contributed by atoms with van der Waals surface area (Å²) in [4.78, 5) is 25.4. The van der Waals surface area contributed by atoms with Crippen LogP contribution in [0.4, 0.5) is 0 Å². The quantitative estimate of drug-likeness (QED) is 0.0346. The molecule has 0 aliphatic carbocycles. The number of hydrogen-bond donors (Lipinski definition) is 0. The van der Waals surface area contributed by atoms with E-state index in [-0.39, 0.29) is 25.2 Å². The molecular weight excluding hydrogens is 789 g/mol. The molecule has 1 atom stereocenters. The highest BCUT2D eigenvalue weighted by Gasteiger charge is 2.17. The first-order chi connectivity index (χ1) is 31.6. The molecule has 0 aromatic rings. The Bertz CT molecular complexity index is 1230. The average molecular weight is 889 g/mol. The summed E-state index contributed by atoms with van der Waals surface area (Å²) in [6, 6.07) is 0. The van der Waals surface area contributed by atoms with Gasteiger partial charge < -0.3 is 14.2 Å². The first-order valence-corrected chi connectivity index (χ1v) is 26.8. The molecule has 0 amide bonds. The van der Waals surface area contributed by atoms with Crippen LogP contribution in [0.25, 0.3) is 0 Å². The van der Waals surface area contributed by atoms with Crippen LogP contribution in [0.1, 0.15) is 239 Å². The second kappa shape index (κ2) is 54.2. The van der Waals surface area contributed by atoms with Crippen molar-refractivity contribution < 1.29 is 23.8 Å². The van der Waals surface area contributed by atoms with Crippen molar-refractivity contribution in [2.75, 3.05) is 19.8 Å². The van der Waals surface area contributed by atoms with Crippen LogP contribution in [0.3, 0.4) is 0 Å². The maximum Gasteiger partial charge on any atom is 0.306 e. The van der Waals surface area contributed by atoms with Gasteiger partial charge in [-0.1, -0.05) is 208 Å². The SMILES string of the molecule is CC/C=C\C/C=C\C/C=C\C/C=C\CCCCCCCCC(=O)OCC(COCCCCCCCC/C=C\C/C=C\CCC)OC(=O)CCCCCCC/C=C\C/C=C\CCCCC. The van der Waals surface area contributed by atoms with Gasteiger partial charge in [0.1, 0.15) is 6.61 Å². The van der Waals surface area contributed by atoms with E-state index < -0.39 is 6.10 Å². The highest BCUT2D eigenvalue weighted by molar-refractivity contribution is 5.70. The zero-order valence-corrected chi connectivity index (χ0v) is 42.0. The lowest BCUT2D eigenvalue weighted by Crippen LogP contribution is -2.30. The lowest BCUT2D eigenvalue weighted by atomic mass is 10.1. The third kappa shape index (κ3) is 51.5. The fraction of sp³-hybridized carbons (Fsp3) is 0.695. The third-order valence-electron chi connectivity index (χ3n) is 11.1. The number of carbonyl (C=O) groups is 2. The summed E-state index contributed by atoms with van der Waals surface area (Å²) in [7, 11) is 0. The third-order valence-corrected chi connectivity index (χ3v) is 11.1. The molecule has 366 valence electrons. The van der Waals surface area contributed by atoms with Gasteiger partial charge in [-0.05, 0) is 116 Å². The first-order valence-electron chi connectivity index (χ1n) is 26.8. The number of esters is 2. The molecule has 0 aromatic carbocycles. The number of unbranched alkanes of at least 4 members (excludes halogenated alkanes) is 21. The molecule has 5 heteroatoms. The second-order valence-electron chi connectivity index (χ2n) is 17.4. The van der Waals surface area contributed by atoms with Crippen LogP contribution in [0.2, 0.25) is 0 Å². The maximum absolute atomic E-state index is 12.8. The van der Waals surface area contributed by atoms with Gasteiger partial charge >= 0.3 is 11.9 Å². The van der Waals surface area contributed by atoms with Crippen LogP contribution < -0.4 is 0 Å². The summed E-state index contributed by atoms with van der Waals surface area (Å²) in [5, 5.41) is 0. The summed E-state index contributed by atoms with van der Waals surface area (Å²) in [5.74, 6) is -0.437. The van der Waals surface area contributed by atoms with Crippen molar-refractivity contribution in [3.8, 4) is 0 Å². The minimum absolute atomic E-state index is 0.0630. The summed E-state index contributed by atoms with van der Waals surface area (Å²) in [6.07, 6.45) is 72.7. The lowest BCUT2D eigenvalue weighted by molar-refractivity contribution is -0.163. The van der Waals surface area contributed by atoms with Crippen molar-refractivity contribution in [3.63, 3.8) is 0 Å². The fourth-order valence-electron chi connectivity index (χ4n) is 7.10. The smallest absolute Gasteiger partial charge is 0.306 e. The van der Waals surface area contributed by atoms with Gasteiger partial charge in [0.25, 0.3) is 0 Å². The molecule has 1 unspecified atom stereocenters. The zero-order valence-electron chi connectivity index (χ0n) is 42.0. The molecule has 0 radical (unpaired) electrons. The van der Waals surface area contributed by atoms with E-state index in [0.29, 0.717) is 19.4 Å². The molecule has 64 heavy (non-hydrogen) atoms. The predicted octanol–water partition coefficient (Wildman–Crippen LogP) is 18.2. The predicted molar refractivity (Wildman–Crippen MR) is 279 cm³/mol. The van der Waals surface area contributed by atoms with E-state index in [0.717, 1.165) is 103 Å². The van der Waals surface area contributed by atoms with E-state index in [4.69, 9.17) is 14.2 Å². The Balaban J connectivity index is 4.34. The molecule has 0 saturated heterocycles. The van der Waals surface area contributed by atoms with Crippen LogP contribution >= 0.6 is 0 Å². The Morgan fingerprint density at radius 2 is 0.734 bits per heavy atom. The van der Waals surface area contributed by atoms with E-state index in [1.807, 2.05) is 0 Å². The Kier molecular flexibility index (Phi) is 51.5. The van der Waals surface area contributed by atoms with E-state index in [1.54, 1.807) is 0 Å². The van der Waals surface area contributed by atoms with Crippen LogP contribution in [-0.4, -0.2) is 37.9 Å². The molecule has 0 rings (SSSR count). The van der Waals surface area contributed by atoms with Gasteiger partial charge in [-0.25, -0.2) is 0 Å². The van der Waals surface area contributed by atoms with Crippen LogP contribution in [-0.2, 0) is 23.8 Å². The lowest BCUT2D eigenvalue weighted by Gasteiger charge is -2.18. The van der Waals surface area contributed by atoms with Crippen LogP contribution in [0, 0.1) is 0 Å². The molecule has 0 heterocycles. The Labute approximate surface area is 396 Å². The number of hydrogen-bond acceptors (Lipinski definition) is 5. The molecule has 0 aromatic heterocycles. The maximum atomic E-state index is 12.8. The van der Waals surface area contributed by atoms with Crippen molar-refractivity contribution in [2.45, 2.75) is 245 Å². The average Bonchev–Trinajstić information content (AvgIpc) is 3.30. The second-order valence-corrected chi connectivity index (χ2v) is 17.4. The normalized spacial score (nSPS) is 13.0. The van der Waals surface area contributed by atoms with E-state index in [1.165, 1.54) is 103 Å². The standard InChI is InChI=1S/C59H100O5/c1-4-7-10-13-16-19-22-25-28-29-30-31-33-34-37-40-43-46-49-52-58(60)63-56-57(55-62-54-51-48-45-42-39-36-27-24-21-18-15-12-9-6-3)64-59(61)53-50-47-44-41-38-35-32-26-23-20-17-14-11-8-5-2/h7,10,12,15-17,19-21,24-26,28,30-32,57H,4-6,8-9,11,13-14,18,22-23,27,29,33-56H2,1-3H3/b10-7-,15-12-,19-16-,20-17-,24-21-,28-25-,31-30-,32-26-. The monoisotopic (exact) mass is 889 g/mol. The largest absolute Gasteiger partial charge is 0.462 e. The van der Waals surface area contributed by atoms with Crippen molar-refractivity contribution >= 4 is 11.9 Å².